The second-order valence-electron chi connectivity index (χ2n) is 5.89. The van der Waals surface area contributed by atoms with E-state index in [4.69, 9.17) is 4.42 Å². The van der Waals surface area contributed by atoms with Gasteiger partial charge in [-0.05, 0) is 43.2 Å². The van der Waals surface area contributed by atoms with Crippen LogP contribution in [-0.2, 0) is 13.0 Å². The minimum atomic E-state index is -0.240. The third kappa shape index (κ3) is 2.92. The molecule has 1 aliphatic rings. The number of hydrogen-bond donors (Lipinski definition) is 1. The first-order chi connectivity index (χ1) is 11.3. The maximum Gasteiger partial charge on any atom is 0.123 e. The fourth-order valence-corrected chi connectivity index (χ4v) is 3.13. The van der Waals surface area contributed by atoms with Crippen molar-refractivity contribution >= 4 is 0 Å². The van der Waals surface area contributed by atoms with Gasteiger partial charge in [-0.2, -0.15) is 5.10 Å². The van der Waals surface area contributed by atoms with Crippen LogP contribution in [0.3, 0.4) is 0 Å². The SMILES string of the molecule is Fc1ccc(-n2cc(CNC3CCCc4occc43)cn2)cc1. The van der Waals surface area contributed by atoms with E-state index in [0.717, 1.165) is 42.8 Å². The zero-order chi connectivity index (χ0) is 15.6. The Hall–Kier alpha value is -2.40. The lowest BCUT2D eigenvalue weighted by Crippen LogP contribution is -2.23. The molecule has 0 saturated carbocycles. The molecule has 23 heavy (non-hydrogen) atoms. The Labute approximate surface area is 133 Å². The zero-order valence-electron chi connectivity index (χ0n) is 12.7. The molecule has 1 aromatic carbocycles. The number of nitrogens with one attached hydrogen (secondary N) is 1. The molecule has 2 aromatic heterocycles. The lowest BCUT2D eigenvalue weighted by molar-refractivity contribution is 0.411. The van der Waals surface area contributed by atoms with Gasteiger partial charge in [0.2, 0.25) is 0 Å². The molecule has 0 bridgehead atoms. The normalized spacial score (nSPS) is 17.2. The van der Waals surface area contributed by atoms with Crippen molar-refractivity contribution < 1.29 is 8.81 Å². The summed E-state index contributed by atoms with van der Waals surface area (Å²) in [6, 6.07) is 8.73. The summed E-state index contributed by atoms with van der Waals surface area (Å²) in [6.07, 6.45) is 8.89. The Morgan fingerprint density at radius 1 is 1.26 bits per heavy atom. The van der Waals surface area contributed by atoms with E-state index in [1.54, 1.807) is 23.1 Å². The highest BCUT2D eigenvalue weighted by Gasteiger charge is 2.22. The topological polar surface area (TPSA) is 43.0 Å². The predicted molar refractivity (Wildman–Crippen MR) is 84.7 cm³/mol. The molecule has 118 valence electrons. The lowest BCUT2D eigenvalue weighted by atomic mass is 9.93. The molecule has 0 aliphatic heterocycles. The van der Waals surface area contributed by atoms with Crippen LogP contribution >= 0.6 is 0 Å². The molecule has 0 amide bonds. The molecular formula is C18H18FN3O. The second-order valence-corrected chi connectivity index (χ2v) is 5.89. The van der Waals surface area contributed by atoms with Gasteiger partial charge in [-0.25, -0.2) is 9.07 Å². The van der Waals surface area contributed by atoms with Crippen LogP contribution in [-0.4, -0.2) is 9.78 Å². The number of aromatic nitrogens is 2. The van der Waals surface area contributed by atoms with Gasteiger partial charge in [0.25, 0.3) is 0 Å². The first-order valence-electron chi connectivity index (χ1n) is 7.89. The summed E-state index contributed by atoms with van der Waals surface area (Å²) >= 11 is 0. The molecule has 3 aromatic rings. The molecule has 1 atom stereocenters. The van der Waals surface area contributed by atoms with Gasteiger partial charge < -0.3 is 9.73 Å². The summed E-state index contributed by atoms with van der Waals surface area (Å²) in [6.45, 7) is 0.747. The van der Waals surface area contributed by atoms with E-state index < -0.39 is 0 Å². The minimum Gasteiger partial charge on any atom is -0.469 e. The van der Waals surface area contributed by atoms with Crippen LogP contribution in [0.2, 0.25) is 0 Å². The Balaban J connectivity index is 1.44. The minimum absolute atomic E-state index is 0.240. The van der Waals surface area contributed by atoms with Crippen molar-refractivity contribution in [1.82, 2.24) is 15.1 Å². The maximum absolute atomic E-state index is 13.0. The van der Waals surface area contributed by atoms with Crippen molar-refractivity contribution in [3.05, 3.63) is 71.7 Å². The third-order valence-electron chi connectivity index (χ3n) is 4.33. The van der Waals surface area contributed by atoms with Crippen molar-refractivity contribution in [2.75, 3.05) is 0 Å². The molecule has 1 aliphatic carbocycles. The Kier molecular flexibility index (Phi) is 3.71. The summed E-state index contributed by atoms with van der Waals surface area (Å²) in [7, 11) is 0. The fourth-order valence-electron chi connectivity index (χ4n) is 3.13. The van der Waals surface area contributed by atoms with Crippen LogP contribution in [0.5, 0.6) is 0 Å². The van der Waals surface area contributed by atoms with Crippen molar-refractivity contribution in [2.45, 2.75) is 31.8 Å². The zero-order valence-corrected chi connectivity index (χ0v) is 12.7. The highest BCUT2D eigenvalue weighted by molar-refractivity contribution is 5.31. The van der Waals surface area contributed by atoms with Crippen molar-refractivity contribution in [3.63, 3.8) is 0 Å². The van der Waals surface area contributed by atoms with Gasteiger partial charge >= 0.3 is 0 Å². The van der Waals surface area contributed by atoms with Gasteiger partial charge in [0, 0.05) is 36.3 Å². The van der Waals surface area contributed by atoms with Crippen LogP contribution in [0.1, 0.15) is 35.8 Å². The Morgan fingerprint density at radius 2 is 2.13 bits per heavy atom. The molecule has 0 radical (unpaired) electrons. The predicted octanol–water partition coefficient (Wildman–Crippen LogP) is 3.77. The standard InChI is InChI=1S/C18H18FN3O/c19-14-4-6-15(7-5-14)22-12-13(11-21-22)10-20-17-2-1-3-18-16(17)8-9-23-18/h4-9,11-12,17,20H,1-3,10H2. The van der Waals surface area contributed by atoms with Gasteiger partial charge in [-0.3, -0.25) is 0 Å². The lowest BCUT2D eigenvalue weighted by Gasteiger charge is -2.22. The summed E-state index contributed by atoms with van der Waals surface area (Å²) in [4.78, 5) is 0. The number of nitrogens with zero attached hydrogens (tertiary/aromatic N) is 2. The van der Waals surface area contributed by atoms with Crippen LogP contribution in [0, 0.1) is 5.82 Å². The highest BCUT2D eigenvalue weighted by Crippen LogP contribution is 2.30. The van der Waals surface area contributed by atoms with Crippen LogP contribution in [0.4, 0.5) is 4.39 Å². The molecule has 0 saturated heterocycles. The van der Waals surface area contributed by atoms with Crippen molar-refractivity contribution in [1.29, 1.82) is 0 Å². The number of benzene rings is 1. The number of rotatable bonds is 4. The molecular weight excluding hydrogens is 293 g/mol. The van der Waals surface area contributed by atoms with Crippen LogP contribution in [0.15, 0.2) is 53.4 Å². The molecule has 2 heterocycles. The van der Waals surface area contributed by atoms with E-state index in [1.807, 2.05) is 12.4 Å². The highest BCUT2D eigenvalue weighted by atomic mass is 19.1. The maximum atomic E-state index is 13.0. The molecule has 1 N–H and O–H groups in total. The van der Waals surface area contributed by atoms with E-state index in [2.05, 4.69) is 16.5 Å². The van der Waals surface area contributed by atoms with E-state index in [9.17, 15) is 4.39 Å². The largest absolute Gasteiger partial charge is 0.469 e. The summed E-state index contributed by atoms with van der Waals surface area (Å²) < 4.78 is 20.3. The Bertz CT molecular complexity index is 791. The van der Waals surface area contributed by atoms with Gasteiger partial charge in [0.15, 0.2) is 0 Å². The van der Waals surface area contributed by atoms with Gasteiger partial charge in [-0.1, -0.05) is 0 Å². The number of aryl methyl sites for hydroxylation is 1. The molecule has 4 nitrogen and oxygen atoms in total. The van der Waals surface area contributed by atoms with Crippen molar-refractivity contribution in [3.8, 4) is 5.69 Å². The van der Waals surface area contributed by atoms with E-state index in [0.29, 0.717) is 6.04 Å². The van der Waals surface area contributed by atoms with E-state index in [1.165, 1.54) is 17.7 Å². The van der Waals surface area contributed by atoms with E-state index >= 15 is 0 Å². The number of fused-ring (bicyclic) bond motifs is 1. The van der Waals surface area contributed by atoms with Gasteiger partial charge in [0.05, 0.1) is 18.1 Å². The average Bonchev–Trinajstić information content (AvgIpc) is 3.23. The van der Waals surface area contributed by atoms with Crippen molar-refractivity contribution in [2.24, 2.45) is 0 Å². The Morgan fingerprint density at radius 3 is 3.00 bits per heavy atom. The smallest absolute Gasteiger partial charge is 0.123 e. The number of furan rings is 1. The van der Waals surface area contributed by atoms with Gasteiger partial charge in [0.1, 0.15) is 11.6 Å². The third-order valence-corrected chi connectivity index (χ3v) is 4.33. The molecule has 1 unspecified atom stereocenters. The molecule has 4 rings (SSSR count). The average molecular weight is 311 g/mol. The monoisotopic (exact) mass is 311 g/mol. The first kappa shape index (κ1) is 14.2. The van der Waals surface area contributed by atoms with Crippen LogP contribution < -0.4 is 5.32 Å². The first-order valence-corrected chi connectivity index (χ1v) is 7.89. The molecule has 5 heteroatoms. The second kappa shape index (κ2) is 6.01. The fraction of sp³-hybridized carbons (Fsp3) is 0.278. The number of halogens is 1. The summed E-state index contributed by atoms with van der Waals surface area (Å²) in [5, 5.41) is 7.93. The quantitative estimate of drug-likeness (QED) is 0.797. The van der Waals surface area contributed by atoms with E-state index in [-0.39, 0.29) is 5.82 Å². The molecule has 0 fully saturated rings. The van der Waals surface area contributed by atoms with Crippen LogP contribution in [0.25, 0.3) is 5.69 Å². The summed E-state index contributed by atoms with van der Waals surface area (Å²) in [5.41, 5.74) is 3.24. The van der Waals surface area contributed by atoms with Gasteiger partial charge in [-0.15, -0.1) is 0 Å². The summed E-state index contributed by atoms with van der Waals surface area (Å²) in [5.74, 6) is 0.867. The molecule has 0 spiro atoms. The number of hydrogen-bond acceptors (Lipinski definition) is 3.